The smallest absolute Gasteiger partial charge is 0.337 e. The molecule has 2 aromatic rings. The lowest BCUT2D eigenvalue weighted by Gasteiger charge is -2.50. The highest BCUT2D eigenvalue weighted by molar-refractivity contribution is 9.10. The summed E-state index contributed by atoms with van der Waals surface area (Å²) in [5.74, 6) is 0.228. The van der Waals surface area contributed by atoms with E-state index < -0.39 is 11.7 Å². The molecule has 0 spiro atoms. The maximum Gasteiger partial charge on any atom is 0.337 e. The van der Waals surface area contributed by atoms with Crippen LogP contribution in [-0.2, 0) is 4.74 Å². The number of fused-ring (bicyclic) bond motifs is 4. The number of urea groups is 1. The number of hydrogen-bond donors (Lipinski definition) is 1. The molecule has 2 atom stereocenters. The molecule has 7 heteroatoms. The molecule has 0 aromatic heterocycles. The van der Waals surface area contributed by atoms with Gasteiger partial charge < -0.3 is 14.8 Å². The molecule has 2 heterocycles. The van der Waals surface area contributed by atoms with Crippen LogP contribution in [0.2, 0.25) is 0 Å². The van der Waals surface area contributed by atoms with Crippen molar-refractivity contribution in [3.63, 3.8) is 0 Å². The number of nitrogens with one attached hydrogen (secondary N) is 1. The zero-order chi connectivity index (χ0) is 18.5. The van der Waals surface area contributed by atoms with Crippen LogP contribution < -0.4 is 15.0 Å². The first-order chi connectivity index (χ1) is 12.4. The summed E-state index contributed by atoms with van der Waals surface area (Å²) < 4.78 is 11.8. The number of esters is 1. The molecule has 0 radical (unpaired) electrons. The normalized spacial score (nSPS) is 23.6. The third-order valence-corrected chi connectivity index (χ3v) is 5.46. The third-order valence-electron chi connectivity index (χ3n) is 4.79. The molecule has 0 saturated carbocycles. The minimum Gasteiger partial charge on any atom is -0.467 e. The molecule has 6 nitrogen and oxygen atoms in total. The number of benzene rings is 2. The standard InChI is InChI=1S/C19H17BrN2O4/c1-19-10-14(12-9-11(17(23)25-2)7-8-16(12)26-19)21-18(24)22(19)15-6-4-3-5-13(15)20/h3-9,14H,10H2,1-2H3,(H,21,24)/t14-,19-/m1/s1. The van der Waals surface area contributed by atoms with Crippen molar-refractivity contribution in [1.82, 2.24) is 5.32 Å². The lowest BCUT2D eigenvalue weighted by atomic mass is 9.89. The Morgan fingerprint density at radius 2 is 2.12 bits per heavy atom. The molecule has 1 N–H and O–H groups in total. The van der Waals surface area contributed by atoms with Crippen LogP contribution in [0.25, 0.3) is 0 Å². The van der Waals surface area contributed by atoms with Gasteiger partial charge in [0.2, 0.25) is 0 Å². The Hall–Kier alpha value is -2.54. The van der Waals surface area contributed by atoms with Gasteiger partial charge in [-0.3, -0.25) is 4.90 Å². The lowest BCUT2D eigenvalue weighted by molar-refractivity contribution is 0.0376. The van der Waals surface area contributed by atoms with E-state index in [4.69, 9.17) is 9.47 Å². The highest BCUT2D eigenvalue weighted by Crippen LogP contribution is 2.46. The van der Waals surface area contributed by atoms with E-state index >= 15 is 0 Å². The number of rotatable bonds is 2. The predicted molar refractivity (Wildman–Crippen MR) is 99.3 cm³/mol. The maximum atomic E-state index is 12.9. The number of nitrogens with zero attached hydrogens (tertiary/aromatic N) is 1. The summed E-state index contributed by atoms with van der Waals surface area (Å²) in [6.07, 6.45) is 0.553. The Morgan fingerprint density at radius 3 is 2.85 bits per heavy atom. The molecule has 0 aliphatic carbocycles. The molecule has 0 unspecified atom stereocenters. The van der Waals surface area contributed by atoms with E-state index in [1.807, 2.05) is 31.2 Å². The van der Waals surface area contributed by atoms with Gasteiger partial charge in [-0.2, -0.15) is 0 Å². The summed E-state index contributed by atoms with van der Waals surface area (Å²) >= 11 is 3.51. The van der Waals surface area contributed by atoms with Gasteiger partial charge in [0.15, 0.2) is 5.72 Å². The topological polar surface area (TPSA) is 67.9 Å². The van der Waals surface area contributed by atoms with Crippen LogP contribution in [0.4, 0.5) is 10.5 Å². The molecule has 2 aliphatic rings. The van der Waals surface area contributed by atoms with Crippen molar-refractivity contribution < 1.29 is 19.1 Å². The first-order valence-electron chi connectivity index (χ1n) is 8.19. The zero-order valence-corrected chi connectivity index (χ0v) is 15.9. The minimum atomic E-state index is -0.837. The first kappa shape index (κ1) is 16.9. The number of amides is 2. The number of methoxy groups -OCH3 is 1. The minimum absolute atomic E-state index is 0.236. The van der Waals surface area contributed by atoms with Crippen molar-refractivity contribution in [2.24, 2.45) is 0 Å². The molecule has 1 fully saturated rings. The summed E-state index contributed by atoms with van der Waals surface area (Å²) in [6.45, 7) is 1.90. The summed E-state index contributed by atoms with van der Waals surface area (Å²) in [4.78, 5) is 26.3. The van der Waals surface area contributed by atoms with Crippen molar-refractivity contribution >= 4 is 33.6 Å². The SMILES string of the molecule is COC(=O)c1ccc2c(c1)[C@H]1C[C@@](C)(O2)N(c2ccccc2Br)C(=O)N1. The number of anilines is 1. The Morgan fingerprint density at radius 1 is 1.35 bits per heavy atom. The molecule has 4 rings (SSSR count). The van der Waals surface area contributed by atoms with Gasteiger partial charge in [0, 0.05) is 16.5 Å². The van der Waals surface area contributed by atoms with Crippen LogP contribution in [-0.4, -0.2) is 24.8 Å². The molecule has 2 amide bonds. The average Bonchev–Trinajstić information content (AvgIpc) is 2.61. The zero-order valence-electron chi connectivity index (χ0n) is 14.3. The van der Waals surface area contributed by atoms with Crippen molar-refractivity contribution in [2.75, 3.05) is 12.0 Å². The van der Waals surface area contributed by atoms with Gasteiger partial charge in [-0.05, 0) is 53.2 Å². The number of halogens is 1. The Labute approximate surface area is 159 Å². The molecular weight excluding hydrogens is 400 g/mol. The number of carbonyl (C=O) groups excluding carboxylic acids is 2. The van der Waals surface area contributed by atoms with Gasteiger partial charge in [-0.25, -0.2) is 9.59 Å². The maximum absolute atomic E-state index is 12.9. The second-order valence-corrected chi connectivity index (χ2v) is 7.37. The summed E-state index contributed by atoms with van der Waals surface area (Å²) in [6, 6.07) is 12.2. The van der Waals surface area contributed by atoms with Crippen LogP contribution in [0.3, 0.4) is 0 Å². The number of para-hydroxylation sites is 1. The third kappa shape index (κ3) is 2.54. The fraction of sp³-hybridized carbons (Fsp3) is 0.263. The largest absolute Gasteiger partial charge is 0.467 e. The predicted octanol–water partition coefficient (Wildman–Crippen LogP) is 4.01. The van der Waals surface area contributed by atoms with Gasteiger partial charge in [0.05, 0.1) is 24.4 Å². The molecule has 2 aliphatic heterocycles. The fourth-order valence-corrected chi connectivity index (χ4v) is 4.08. The second kappa shape index (κ2) is 6.02. The van der Waals surface area contributed by atoms with Gasteiger partial charge in [0.1, 0.15) is 5.75 Å². The molecule has 2 aromatic carbocycles. The van der Waals surface area contributed by atoms with Crippen molar-refractivity contribution in [3.05, 3.63) is 58.1 Å². The highest BCUT2D eigenvalue weighted by atomic mass is 79.9. The van der Waals surface area contributed by atoms with Gasteiger partial charge >= 0.3 is 12.0 Å². The van der Waals surface area contributed by atoms with E-state index in [-0.39, 0.29) is 12.1 Å². The summed E-state index contributed by atoms with van der Waals surface area (Å²) in [5, 5.41) is 3.02. The van der Waals surface area contributed by atoms with E-state index in [1.54, 1.807) is 23.1 Å². The first-order valence-corrected chi connectivity index (χ1v) is 8.99. The Bertz CT molecular complexity index is 916. The number of ether oxygens (including phenoxy) is 2. The van der Waals surface area contributed by atoms with E-state index in [2.05, 4.69) is 21.2 Å². The van der Waals surface area contributed by atoms with E-state index in [0.29, 0.717) is 17.7 Å². The van der Waals surface area contributed by atoms with E-state index in [0.717, 1.165) is 15.7 Å². The molecule has 134 valence electrons. The summed E-state index contributed by atoms with van der Waals surface area (Å²) in [5.41, 5.74) is 1.11. The van der Waals surface area contributed by atoms with Crippen LogP contribution >= 0.6 is 15.9 Å². The second-order valence-electron chi connectivity index (χ2n) is 6.51. The lowest BCUT2D eigenvalue weighted by Crippen LogP contribution is -2.65. The van der Waals surface area contributed by atoms with Crippen LogP contribution in [0, 0.1) is 0 Å². The monoisotopic (exact) mass is 416 g/mol. The highest BCUT2D eigenvalue weighted by Gasteiger charge is 2.50. The van der Waals surface area contributed by atoms with E-state index in [1.165, 1.54) is 7.11 Å². The number of carbonyl (C=O) groups is 2. The molecule has 26 heavy (non-hydrogen) atoms. The summed E-state index contributed by atoms with van der Waals surface area (Å²) in [7, 11) is 1.34. The average molecular weight is 417 g/mol. The Balaban J connectivity index is 1.78. The van der Waals surface area contributed by atoms with E-state index in [9.17, 15) is 9.59 Å². The van der Waals surface area contributed by atoms with Gasteiger partial charge in [0.25, 0.3) is 0 Å². The van der Waals surface area contributed by atoms with Gasteiger partial charge in [-0.15, -0.1) is 0 Å². The van der Waals surface area contributed by atoms with Crippen LogP contribution in [0.1, 0.15) is 35.3 Å². The van der Waals surface area contributed by atoms with Crippen LogP contribution in [0.15, 0.2) is 46.9 Å². The quantitative estimate of drug-likeness (QED) is 0.751. The fourth-order valence-electron chi connectivity index (χ4n) is 3.62. The van der Waals surface area contributed by atoms with Crippen molar-refractivity contribution in [2.45, 2.75) is 25.1 Å². The molecule has 1 saturated heterocycles. The van der Waals surface area contributed by atoms with Crippen molar-refractivity contribution in [1.29, 1.82) is 0 Å². The Kier molecular flexibility index (Phi) is 3.91. The van der Waals surface area contributed by atoms with Crippen molar-refractivity contribution in [3.8, 4) is 5.75 Å². The van der Waals surface area contributed by atoms with Crippen LogP contribution in [0.5, 0.6) is 5.75 Å². The number of hydrogen-bond acceptors (Lipinski definition) is 4. The molecule has 2 bridgehead atoms. The van der Waals surface area contributed by atoms with Gasteiger partial charge in [-0.1, -0.05) is 12.1 Å². The molecular formula is C19H17BrN2O4.